The maximum atomic E-state index is 11.8. The van der Waals surface area contributed by atoms with Gasteiger partial charge in [0, 0.05) is 20.2 Å². The van der Waals surface area contributed by atoms with Crippen LogP contribution in [0.25, 0.3) is 0 Å². The fourth-order valence-corrected chi connectivity index (χ4v) is 1.45. The monoisotopic (exact) mass is 226 g/mol. The smallest absolute Gasteiger partial charge is 0.235 e. The van der Waals surface area contributed by atoms with Gasteiger partial charge in [-0.25, -0.2) is 0 Å². The molecule has 0 bridgehead atoms. The minimum Gasteiger partial charge on any atom is -0.383 e. The molecule has 0 heterocycles. The Hall–Kier alpha value is -1.36. The molecule has 1 fully saturated rings. The first kappa shape index (κ1) is 12.7. The second-order valence-electron chi connectivity index (χ2n) is 3.83. The SMILES string of the molecule is C=CCNC(=O)C1(C(=O)NCCOC)CC1. The van der Waals surface area contributed by atoms with E-state index in [4.69, 9.17) is 4.74 Å². The molecule has 1 saturated carbocycles. The lowest BCUT2D eigenvalue weighted by Gasteiger charge is -2.14. The normalized spacial score (nSPS) is 16.3. The van der Waals surface area contributed by atoms with Gasteiger partial charge >= 0.3 is 0 Å². The summed E-state index contributed by atoms with van der Waals surface area (Å²) >= 11 is 0. The third-order valence-electron chi connectivity index (χ3n) is 2.62. The Morgan fingerprint density at radius 2 is 2.00 bits per heavy atom. The molecule has 0 unspecified atom stereocenters. The van der Waals surface area contributed by atoms with E-state index in [9.17, 15) is 9.59 Å². The van der Waals surface area contributed by atoms with Crippen molar-refractivity contribution in [3.05, 3.63) is 12.7 Å². The van der Waals surface area contributed by atoms with Crippen LogP contribution in [0.1, 0.15) is 12.8 Å². The first-order chi connectivity index (χ1) is 7.67. The lowest BCUT2D eigenvalue weighted by atomic mass is 10.1. The van der Waals surface area contributed by atoms with Crippen molar-refractivity contribution >= 4 is 11.8 Å². The lowest BCUT2D eigenvalue weighted by molar-refractivity contribution is -0.137. The lowest BCUT2D eigenvalue weighted by Crippen LogP contribution is -2.43. The van der Waals surface area contributed by atoms with Gasteiger partial charge in [0.15, 0.2) is 0 Å². The van der Waals surface area contributed by atoms with Crippen molar-refractivity contribution in [2.75, 3.05) is 26.8 Å². The molecule has 1 rings (SSSR count). The maximum Gasteiger partial charge on any atom is 0.235 e. The van der Waals surface area contributed by atoms with Crippen molar-refractivity contribution in [3.8, 4) is 0 Å². The fraction of sp³-hybridized carbons (Fsp3) is 0.636. The zero-order chi connectivity index (χ0) is 12.0. The molecule has 2 N–H and O–H groups in total. The van der Waals surface area contributed by atoms with E-state index in [1.807, 2.05) is 0 Å². The van der Waals surface area contributed by atoms with E-state index in [0.29, 0.717) is 32.5 Å². The van der Waals surface area contributed by atoms with Crippen LogP contribution < -0.4 is 10.6 Å². The van der Waals surface area contributed by atoms with Crippen LogP contribution in [0.4, 0.5) is 0 Å². The average molecular weight is 226 g/mol. The zero-order valence-corrected chi connectivity index (χ0v) is 9.54. The summed E-state index contributed by atoms with van der Waals surface area (Å²) in [6.07, 6.45) is 2.83. The number of ether oxygens (including phenoxy) is 1. The molecule has 90 valence electrons. The van der Waals surface area contributed by atoms with Crippen molar-refractivity contribution in [1.29, 1.82) is 0 Å². The highest BCUT2D eigenvalue weighted by Crippen LogP contribution is 2.46. The van der Waals surface area contributed by atoms with E-state index in [1.54, 1.807) is 13.2 Å². The van der Waals surface area contributed by atoms with Gasteiger partial charge in [-0.1, -0.05) is 6.08 Å². The summed E-state index contributed by atoms with van der Waals surface area (Å²) in [5.74, 6) is -0.409. The Morgan fingerprint density at radius 3 is 2.50 bits per heavy atom. The molecule has 0 spiro atoms. The van der Waals surface area contributed by atoms with Crippen LogP contribution in [0.15, 0.2) is 12.7 Å². The summed E-state index contributed by atoms with van der Waals surface area (Å²) in [5.41, 5.74) is -0.837. The standard InChI is InChI=1S/C11H18N2O3/c1-3-6-12-9(14)11(4-5-11)10(15)13-7-8-16-2/h3H,1,4-8H2,2H3,(H,12,14)(H,13,15). The Bertz CT molecular complexity index is 285. The topological polar surface area (TPSA) is 67.4 Å². The van der Waals surface area contributed by atoms with E-state index in [2.05, 4.69) is 17.2 Å². The highest BCUT2D eigenvalue weighted by atomic mass is 16.5. The molecule has 1 aliphatic carbocycles. The summed E-state index contributed by atoms with van der Waals surface area (Å²) in [6.45, 7) is 4.79. The molecule has 5 heteroatoms. The quantitative estimate of drug-likeness (QED) is 0.360. The molecule has 0 radical (unpaired) electrons. The van der Waals surface area contributed by atoms with Gasteiger partial charge in [0.05, 0.1) is 6.61 Å². The van der Waals surface area contributed by atoms with Gasteiger partial charge in [-0.2, -0.15) is 0 Å². The number of rotatable bonds is 7. The Balaban J connectivity index is 2.41. The van der Waals surface area contributed by atoms with Crippen molar-refractivity contribution in [2.45, 2.75) is 12.8 Å². The van der Waals surface area contributed by atoms with Crippen molar-refractivity contribution < 1.29 is 14.3 Å². The number of carbonyl (C=O) groups is 2. The maximum absolute atomic E-state index is 11.8. The third kappa shape index (κ3) is 2.82. The van der Waals surface area contributed by atoms with E-state index >= 15 is 0 Å². The highest BCUT2D eigenvalue weighted by molar-refractivity contribution is 6.07. The van der Waals surface area contributed by atoms with Crippen molar-refractivity contribution in [1.82, 2.24) is 10.6 Å². The van der Waals surface area contributed by atoms with Gasteiger partial charge in [0.1, 0.15) is 5.41 Å². The van der Waals surface area contributed by atoms with Crippen LogP contribution in [0, 0.1) is 5.41 Å². The summed E-state index contributed by atoms with van der Waals surface area (Å²) in [5, 5.41) is 5.35. The van der Waals surface area contributed by atoms with Gasteiger partial charge in [-0.15, -0.1) is 6.58 Å². The summed E-state index contributed by atoms with van der Waals surface area (Å²) in [4.78, 5) is 23.5. The minimum absolute atomic E-state index is 0.203. The average Bonchev–Trinajstić information content (AvgIpc) is 3.07. The molecular formula is C11H18N2O3. The molecule has 0 aliphatic heterocycles. The molecule has 1 aliphatic rings. The predicted molar refractivity (Wildman–Crippen MR) is 59.8 cm³/mol. The van der Waals surface area contributed by atoms with E-state index in [0.717, 1.165) is 0 Å². The van der Waals surface area contributed by atoms with Crippen LogP contribution in [0.2, 0.25) is 0 Å². The Labute approximate surface area is 95.2 Å². The molecule has 0 aromatic heterocycles. The van der Waals surface area contributed by atoms with Gasteiger partial charge in [-0.05, 0) is 12.8 Å². The highest BCUT2D eigenvalue weighted by Gasteiger charge is 2.56. The zero-order valence-electron chi connectivity index (χ0n) is 9.54. The number of methoxy groups -OCH3 is 1. The van der Waals surface area contributed by atoms with Crippen LogP contribution >= 0.6 is 0 Å². The summed E-state index contributed by atoms with van der Waals surface area (Å²) < 4.78 is 4.82. The molecule has 0 aromatic rings. The first-order valence-electron chi connectivity index (χ1n) is 5.34. The van der Waals surface area contributed by atoms with Crippen LogP contribution in [-0.4, -0.2) is 38.6 Å². The van der Waals surface area contributed by atoms with E-state index < -0.39 is 5.41 Å². The molecule has 0 saturated heterocycles. The molecule has 5 nitrogen and oxygen atoms in total. The fourth-order valence-electron chi connectivity index (χ4n) is 1.45. The number of nitrogens with one attached hydrogen (secondary N) is 2. The largest absolute Gasteiger partial charge is 0.383 e. The van der Waals surface area contributed by atoms with E-state index in [-0.39, 0.29) is 11.8 Å². The van der Waals surface area contributed by atoms with Crippen molar-refractivity contribution in [3.63, 3.8) is 0 Å². The van der Waals surface area contributed by atoms with Crippen LogP contribution in [-0.2, 0) is 14.3 Å². The first-order valence-corrected chi connectivity index (χ1v) is 5.34. The second kappa shape index (κ2) is 5.65. The number of amides is 2. The molecular weight excluding hydrogens is 208 g/mol. The van der Waals surface area contributed by atoms with Crippen LogP contribution in [0.3, 0.4) is 0 Å². The van der Waals surface area contributed by atoms with Gasteiger partial charge < -0.3 is 15.4 Å². The summed E-state index contributed by atoms with van der Waals surface area (Å²) in [7, 11) is 1.57. The molecule has 0 atom stereocenters. The number of carbonyl (C=O) groups excluding carboxylic acids is 2. The van der Waals surface area contributed by atoms with Gasteiger partial charge in [-0.3, -0.25) is 9.59 Å². The van der Waals surface area contributed by atoms with Gasteiger partial charge in [0.25, 0.3) is 0 Å². The second-order valence-corrected chi connectivity index (χ2v) is 3.83. The van der Waals surface area contributed by atoms with Gasteiger partial charge in [0.2, 0.25) is 11.8 Å². The van der Waals surface area contributed by atoms with E-state index in [1.165, 1.54) is 0 Å². The number of hydrogen-bond donors (Lipinski definition) is 2. The van der Waals surface area contributed by atoms with Crippen molar-refractivity contribution in [2.24, 2.45) is 5.41 Å². The molecule has 16 heavy (non-hydrogen) atoms. The third-order valence-corrected chi connectivity index (χ3v) is 2.62. The predicted octanol–water partition coefficient (Wildman–Crippen LogP) is -0.169. The Kier molecular flexibility index (Phi) is 4.49. The van der Waals surface area contributed by atoms with Crippen LogP contribution in [0.5, 0.6) is 0 Å². The minimum atomic E-state index is -0.837. The summed E-state index contributed by atoms with van der Waals surface area (Å²) in [6, 6.07) is 0. The molecule has 0 aromatic carbocycles. The number of hydrogen-bond acceptors (Lipinski definition) is 3. The molecule has 2 amide bonds. The Morgan fingerprint density at radius 1 is 1.38 bits per heavy atom.